The van der Waals surface area contributed by atoms with Crippen molar-refractivity contribution in [2.24, 2.45) is 16.7 Å². The quantitative estimate of drug-likeness (QED) is 0.305. The Kier molecular flexibility index (Phi) is 33.0. The van der Waals surface area contributed by atoms with E-state index in [1.54, 1.807) is 7.11 Å². The number of ether oxygens (including phenoxy) is 3. The molecule has 1 N–H and O–H groups in total. The second-order valence-electron chi connectivity index (χ2n) is 18.1. The summed E-state index contributed by atoms with van der Waals surface area (Å²) in [7, 11) is 1.68. The van der Waals surface area contributed by atoms with Gasteiger partial charge < -0.3 is 24.0 Å². The van der Waals surface area contributed by atoms with E-state index in [0.717, 1.165) is 68.6 Å². The van der Waals surface area contributed by atoms with Gasteiger partial charge in [-0.1, -0.05) is 76.2 Å². The Labute approximate surface area is 387 Å². The fraction of sp³-hybridized carbons (Fsp3) is 0.826. The molecule has 6 rings (SSSR count). The van der Waals surface area contributed by atoms with Gasteiger partial charge in [0, 0.05) is 99.3 Å². The van der Waals surface area contributed by atoms with Gasteiger partial charge in [0.2, 0.25) is 0 Å². The summed E-state index contributed by atoms with van der Waals surface area (Å²) >= 11 is 4.24. The van der Waals surface area contributed by atoms with Crippen LogP contribution in [0.4, 0.5) is 9.59 Å². The predicted molar refractivity (Wildman–Crippen MR) is 269 cm³/mol. The third-order valence-corrected chi connectivity index (χ3v) is 9.32. The molecule has 350 valence electrons. The standard InChI is InChI=1S/C16H25N3O2.C12H21NO2.C5H8N2.C4H10.C3H8O.C3H8.3CH4.I2/c1-11-6-12(2)19(17-11)13-7-16(8-13)9-18(10-16)14(20)21-15(3,4)5;1-9-5-12(6-9)7-13(8-12)10(14)15-11(2,3)4;1-4-3-5(2)7-6-4;2*1-3-4-2;1-3-2;;;;1-2/h6,13H,7-10H2,1-5H3;9H,5-8H2,1-4H3;3H,1-2H3,(H,6,7);3-4H2,1-2H3;3H2,1-2H3;3H2,1-2H3;3*1H4;. The lowest BCUT2D eigenvalue weighted by atomic mass is 9.58. The molecule has 13 heteroatoms. The van der Waals surface area contributed by atoms with Gasteiger partial charge in [0.1, 0.15) is 11.2 Å². The van der Waals surface area contributed by atoms with E-state index in [1.807, 2.05) is 85.1 Å². The summed E-state index contributed by atoms with van der Waals surface area (Å²) < 4.78 is 17.4. The number of methoxy groups -OCH3 is 1. The van der Waals surface area contributed by atoms with Crippen LogP contribution in [-0.4, -0.2) is 93.1 Å². The van der Waals surface area contributed by atoms with Crippen molar-refractivity contribution in [3.63, 3.8) is 0 Å². The van der Waals surface area contributed by atoms with Crippen LogP contribution in [0.15, 0.2) is 12.1 Å². The van der Waals surface area contributed by atoms with Gasteiger partial charge in [0.25, 0.3) is 0 Å². The SMILES string of the molecule is C.C.C.CC1CC2(C1)CN(C(=O)OC(C)(C)C)C2.CCC.CCCC.CCOC.Cc1cc(C)[nH]n1.Cc1cc(C)n(C2CC3(C2)CN(C(=O)OC(C)(C)C)C3)n1.II. The van der Waals surface area contributed by atoms with Crippen molar-refractivity contribution in [3.8, 4) is 0 Å². The predicted octanol–water partition coefficient (Wildman–Crippen LogP) is 14.3. The van der Waals surface area contributed by atoms with E-state index in [0.29, 0.717) is 16.9 Å². The number of nitrogens with one attached hydrogen (secondary N) is 1. The number of halogens is 2. The molecule has 0 radical (unpaired) electrons. The number of likely N-dealkylation sites (tertiary alicyclic amines) is 2. The minimum absolute atomic E-state index is 0. The van der Waals surface area contributed by atoms with E-state index in [2.05, 4.69) is 110 Å². The summed E-state index contributed by atoms with van der Waals surface area (Å²) in [6, 6.07) is 4.62. The van der Waals surface area contributed by atoms with Gasteiger partial charge in [0.15, 0.2) is 0 Å². The molecule has 2 aliphatic carbocycles. The van der Waals surface area contributed by atoms with Gasteiger partial charge in [-0.2, -0.15) is 10.2 Å². The van der Waals surface area contributed by atoms with Crippen LogP contribution in [0.5, 0.6) is 0 Å². The van der Waals surface area contributed by atoms with Crippen LogP contribution in [-0.2, 0) is 14.2 Å². The number of H-pyrrole nitrogens is 1. The van der Waals surface area contributed by atoms with Gasteiger partial charge in [-0.15, -0.1) is 0 Å². The molecular formula is C46H92I2N6O5. The molecule has 2 aliphatic heterocycles. The number of aromatic nitrogens is 4. The van der Waals surface area contributed by atoms with Gasteiger partial charge in [-0.25, -0.2) is 9.59 Å². The number of aromatic amines is 1. The third-order valence-electron chi connectivity index (χ3n) is 9.32. The largest absolute Gasteiger partial charge is 0.444 e. The van der Waals surface area contributed by atoms with Crippen molar-refractivity contribution in [2.75, 3.05) is 39.9 Å². The summed E-state index contributed by atoms with van der Waals surface area (Å²) in [5.41, 5.74) is 4.49. The molecule has 0 unspecified atom stereocenters. The van der Waals surface area contributed by atoms with Crippen LogP contribution >= 0.6 is 37.2 Å². The molecule has 2 amide bonds. The molecule has 2 aromatic heterocycles. The molecule has 4 heterocycles. The summed E-state index contributed by atoms with van der Waals surface area (Å²) in [5.74, 6) is 0.853. The van der Waals surface area contributed by atoms with Crippen molar-refractivity contribution >= 4 is 49.4 Å². The second-order valence-corrected chi connectivity index (χ2v) is 18.1. The lowest BCUT2D eigenvalue weighted by Crippen LogP contribution is -2.64. The number of aryl methyl sites for hydroxylation is 4. The van der Waals surface area contributed by atoms with Gasteiger partial charge >= 0.3 is 12.2 Å². The van der Waals surface area contributed by atoms with E-state index in [-0.39, 0.29) is 40.1 Å². The lowest BCUT2D eigenvalue weighted by molar-refractivity contribution is -0.0931. The molecule has 2 saturated heterocycles. The average molecular weight is 1060 g/mol. The molecule has 2 aromatic rings. The monoisotopic (exact) mass is 1060 g/mol. The number of carbonyl (C=O) groups excluding carboxylic acids is 2. The Morgan fingerprint density at radius 3 is 1.34 bits per heavy atom. The number of hydrogen-bond acceptors (Lipinski definition) is 7. The smallest absolute Gasteiger partial charge is 0.410 e. The first-order valence-electron chi connectivity index (χ1n) is 20.6. The van der Waals surface area contributed by atoms with E-state index in [1.165, 1.54) is 37.8 Å². The van der Waals surface area contributed by atoms with Crippen molar-refractivity contribution in [1.82, 2.24) is 29.8 Å². The Morgan fingerprint density at radius 2 is 1.12 bits per heavy atom. The van der Waals surface area contributed by atoms with Crippen LogP contribution in [0.2, 0.25) is 0 Å². The maximum atomic E-state index is 12.0. The molecule has 0 bridgehead atoms. The molecule has 4 aliphatic rings. The van der Waals surface area contributed by atoms with Crippen LogP contribution in [0, 0.1) is 44.4 Å². The highest BCUT2D eigenvalue weighted by molar-refractivity contribution is 15.0. The number of amides is 2. The first-order valence-corrected chi connectivity index (χ1v) is 26.9. The number of unbranched alkanes of at least 4 members (excludes halogenated alkanes) is 1. The Balaban J connectivity index is -0.000000348. The minimum Gasteiger partial charge on any atom is -0.444 e. The summed E-state index contributed by atoms with van der Waals surface area (Å²) in [6.07, 6.45) is 8.37. The summed E-state index contributed by atoms with van der Waals surface area (Å²) in [4.78, 5) is 27.3. The normalized spacial score (nSPS) is 17.2. The highest BCUT2D eigenvalue weighted by Gasteiger charge is 2.55. The number of carbonyl (C=O) groups is 2. The summed E-state index contributed by atoms with van der Waals surface area (Å²) in [6.45, 7) is 36.7. The van der Waals surface area contributed by atoms with E-state index in [9.17, 15) is 9.59 Å². The zero-order valence-corrected chi connectivity index (χ0v) is 42.6. The van der Waals surface area contributed by atoms with E-state index >= 15 is 0 Å². The molecule has 0 atom stereocenters. The van der Waals surface area contributed by atoms with Crippen molar-refractivity contribution in [3.05, 3.63) is 34.9 Å². The van der Waals surface area contributed by atoms with Gasteiger partial charge in [0.05, 0.1) is 17.4 Å². The van der Waals surface area contributed by atoms with E-state index in [4.69, 9.17) is 9.47 Å². The topological polar surface area (TPSA) is 115 Å². The maximum absolute atomic E-state index is 12.0. The van der Waals surface area contributed by atoms with Crippen molar-refractivity contribution in [2.45, 2.75) is 195 Å². The van der Waals surface area contributed by atoms with Crippen molar-refractivity contribution < 1.29 is 23.8 Å². The number of nitrogens with zero attached hydrogens (tertiary/aromatic N) is 5. The average Bonchev–Trinajstić information content (AvgIpc) is 3.58. The van der Waals surface area contributed by atoms with Crippen LogP contribution in [0.3, 0.4) is 0 Å². The first kappa shape index (κ1) is 64.0. The molecule has 4 fully saturated rings. The van der Waals surface area contributed by atoms with Gasteiger partial charge in [-0.05, 0) is 120 Å². The fourth-order valence-corrected chi connectivity index (χ4v) is 7.06. The van der Waals surface area contributed by atoms with Gasteiger partial charge in [-0.3, -0.25) is 9.78 Å². The maximum Gasteiger partial charge on any atom is 0.410 e. The third kappa shape index (κ3) is 24.0. The van der Waals surface area contributed by atoms with E-state index < -0.39 is 5.60 Å². The zero-order chi connectivity index (χ0) is 43.5. The number of hydrogen-bond donors (Lipinski definition) is 1. The highest BCUT2D eigenvalue weighted by atomic mass is 128. The summed E-state index contributed by atoms with van der Waals surface area (Å²) in [5, 5.41) is 11.3. The number of rotatable bonds is 3. The lowest BCUT2D eigenvalue weighted by Gasteiger charge is -2.58. The zero-order valence-electron chi connectivity index (χ0n) is 38.3. The molecule has 2 spiro atoms. The minimum atomic E-state index is -0.411. The highest BCUT2D eigenvalue weighted by Crippen LogP contribution is 2.54. The Hall–Kier alpha value is -1.62. The van der Waals surface area contributed by atoms with Crippen LogP contribution in [0.25, 0.3) is 0 Å². The molecule has 11 nitrogen and oxygen atoms in total. The molecule has 59 heavy (non-hydrogen) atoms. The fourth-order valence-electron chi connectivity index (χ4n) is 7.06. The Morgan fingerprint density at radius 1 is 0.746 bits per heavy atom. The second kappa shape index (κ2) is 30.4. The Bertz CT molecular complexity index is 1350. The van der Waals surface area contributed by atoms with Crippen molar-refractivity contribution in [1.29, 1.82) is 0 Å². The molecular weight excluding hydrogens is 970 g/mol. The van der Waals surface area contributed by atoms with Crippen LogP contribution < -0.4 is 0 Å². The molecule has 2 saturated carbocycles. The molecule has 0 aromatic carbocycles. The van der Waals surface area contributed by atoms with Crippen LogP contribution in [0.1, 0.15) is 179 Å². The first-order chi connectivity index (χ1) is 26.0.